The standard InChI is InChI=1S/C22H18N2O6.C22H20N2O5.2CH4/c1-13(25)23-16-8-6-14(7-9-16)21(26)18-10-11-19(30-2)20(22(18)27)15-4-3-5-17(12-15)24(28)29;1-14(25)23-18-9-6-15(7-10-18)12-17-8-11-20(29-2)21(22(17)26)16-4-3-5-19(13-16)24(27)28;;/h3-12,27H,1-2H3,(H,23,25);3-11,13,26H,12H2,1-2H3,(H,23,25);2*1H4. The Morgan fingerprint density at radius 1 is 0.607 bits per heavy atom. The molecule has 0 fully saturated rings. The zero-order chi connectivity index (χ0) is 42.8. The molecule has 0 radical (unpaired) electrons. The number of non-ortho nitro benzene ring substituents is 2. The number of rotatable bonds is 12. The third kappa shape index (κ3) is 11.5. The maximum Gasteiger partial charge on any atom is 0.270 e. The van der Waals surface area contributed by atoms with Crippen LogP contribution in [0.15, 0.2) is 121 Å². The number of ketones is 1. The van der Waals surface area contributed by atoms with Gasteiger partial charge in [-0.05, 0) is 76.9 Å². The molecule has 15 heteroatoms. The van der Waals surface area contributed by atoms with Crippen LogP contribution in [0.3, 0.4) is 0 Å². The van der Waals surface area contributed by atoms with Crippen molar-refractivity contribution in [2.75, 3.05) is 24.9 Å². The van der Waals surface area contributed by atoms with Crippen LogP contribution in [-0.2, 0) is 16.0 Å². The minimum Gasteiger partial charge on any atom is -0.507 e. The molecule has 0 atom stereocenters. The number of hydrogen-bond acceptors (Lipinski definition) is 11. The molecule has 61 heavy (non-hydrogen) atoms. The molecule has 0 heterocycles. The fourth-order valence-corrected chi connectivity index (χ4v) is 6.16. The SMILES string of the molecule is C.C.COc1ccc(C(=O)c2ccc(NC(C)=O)cc2)c(O)c1-c1cccc([N+](=O)[O-])c1.COc1ccc(Cc2ccc(NC(C)=O)cc2)c(O)c1-c1cccc([N+](=O)[O-])c1. The summed E-state index contributed by atoms with van der Waals surface area (Å²) >= 11 is 0. The van der Waals surface area contributed by atoms with E-state index in [1.807, 2.05) is 12.1 Å². The number of nitro benzene ring substituents is 2. The Morgan fingerprint density at radius 2 is 1.05 bits per heavy atom. The number of nitro groups is 2. The molecule has 0 aliphatic carbocycles. The van der Waals surface area contributed by atoms with Crippen LogP contribution in [0.25, 0.3) is 22.3 Å². The molecule has 4 N–H and O–H groups in total. The normalized spacial score (nSPS) is 10.0. The number of nitrogens with one attached hydrogen (secondary N) is 2. The van der Waals surface area contributed by atoms with Crippen LogP contribution in [0.1, 0.15) is 55.7 Å². The Balaban J connectivity index is 0.000000315. The number of hydrogen-bond donors (Lipinski definition) is 4. The van der Waals surface area contributed by atoms with Gasteiger partial charge in [0.2, 0.25) is 11.8 Å². The zero-order valence-electron chi connectivity index (χ0n) is 32.2. The number of nitrogens with zero attached hydrogens (tertiary/aromatic N) is 2. The third-order valence-corrected chi connectivity index (χ3v) is 8.88. The zero-order valence-corrected chi connectivity index (χ0v) is 32.2. The predicted octanol–water partition coefficient (Wildman–Crippen LogP) is 9.96. The van der Waals surface area contributed by atoms with E-state index in [0.717, 1.165) is 5.56 Å². The number of benzene rings is 6. The Kier molecular flexibility index (Phi) is 16.4. The summed E-state index contributed by atoms with van der Waals surface area (Å²) in [5.74, 6) is -0.466. The highest BCUT2D eigenvalue weighted by atomic mass is 16.6. The largest absolute Gasteiger partial charge is 0.507 e. The lowest BCUT2D eigenvalue weighted by Crippen LogP contribution is -2.07. The number of methoxy groups -OCH3 is 2. The summed E-state index contributed by atoms with van der Waals surface area (Å²) in [4.78, 5) is 56.4. The third-order valence-electron chi connectivity index (χ3n) is 8.88. The van der Waals surface area contributed by atoms with Crippen molar-refractivity contribution in [3.8, 4) is 45.3 Å². The number of carbonyl (C=O) groups is 3. The van der Waals surface area contributed by atoms with Crippen molar-refractivity contribution in [2.24, 2.45) is 0 Å². The quantitative estimate of drug-likeness (QED) is 0.0516. The van der Waals surface area contributed by atoms with E-state index in [9.17, 15) is 44.8 Å². The molecule has 0 aliphatic rings. The lowest BCUT2D eigenvalue weighted by Gasteiger charge is -2.15. The molecular weight excluding hydrogens is 785 g/mol. The van der Waals surface area contributed by atoms with E-state index < -0.39 is 15.6 Å². The van der Waals surface area contributed by atoms with Gasteiger partial charge in [0, 0.05) is 61.5 Å². The van der Waals surface area contributed by atoms with Crippen LogP contribution in [0.5, 0.6) is 23.0 Å². The molecule has 6 aromatic carbocycles. The number of ether oxygens (including phenoxy) is 2. The second kappa shape index (κ2) is 21.1. The summed E-state index contributed by atoms with van der Waals surface area (Å²) in [7, 11) is 2.88. The molecule has 0 aromatic heterocycles. The molecule has 0 aliphatic heterocycles. The fraction of sp³-hybridized carbons (Fsp3) is 0.152. The van der Waals surface area contributed by atoms with Gasteiger partial charge >= 0.3 is 0 Å². The van der Waals surface area contributed by atoms with Gasteiger partial charge in [-0.1, -0.05) is 57.3 Å². The summed E-state index contributed by atoms with van der Waals surface area (Å²) < 4.78 is 10.7. The average Bonchev–Trinajstić information content (AvgIpc) is 3.22. The number of carbonyl (C=O) groups excluding carboxylic acids is 3. The summed E-state index contributed by atoms with van der Waals surface area (Å²) in [5, 5.41) is 49.3. The monoisotopic (exact) mass is 830 g/mol. The van der Waals surface area contributed by atoms with Gasteiger partial charge in [0.25, 0.3) is 11.4 Å². The van der Waals surface area contributed by atoms with Crippen molar-refractivity contribution < 1.29 is 43.9 Å². The highest BCUT2D eigenvalue weighted by Crippen LogP contribution is 2.43. The molecule has 0 spiro atoms. The van der Waals surface area contributed by atoms with Crippen LogP contribution < -0.4 is 20.1 Å². The van der Waals surface area contributed by atoms with Gasteiger partial charge in [0.05, 0.1) is 40.8 Å². The van der Waals surface area contributed by atoms with Gasteiger partial charge in [0.15, 0.2) is 5.78 Å². The molecule has 2 amide bonds. The predicted molar refractivity (Wildman–Crippen MR) is 235 cm³/mol. The lowest BCUT2D eigenvalue weighted by atomic mass is 9.95. The topological polar surface area (TPSA) is 220 Å². The summed E-state index contributed by atoms with van der Waals surface area (Å²) in [6.07, 6.45) is 0.443. The van der Waals surface area contributed by atoms with Crippen molar-refractivity contribution in [1.29, 1.82) is 0 Å². The smallest absolute Gasteiger partial charge is 0.270 e. The summed E-state index contributed by atoms with van der Waals surface area (Å²) in [5.41, 5.74) is 4.34. The number of anilines is 2. The maximum absolute atomic E-state index is 13.0. The van der Waals surface area contributed by atoms with Crippen LogP contribution in [0, 0.1) is 20.2 Å². The van der Waals surface area contributed by atoms with Crippen LogP contribution >= 0.6 is 0 Å². The minimum absolute atomic E-state index is 0. The Bertz CT molecular complexity index is 2560. The first kappa shape index (κ1) is 47.3. The molecule has 0 saturated heterocycles. The Labute approximate surface area is 352 Å². The van der Waals surface area contributed by atoms with E-state index in [4.69, 9.17) is 9.47 Å². The van der Waals surface area contributed by atoms with E-state index in [-0.39, 0.29) is 66.4 Å². The number of phenolic OH excluding ortho intramolecular Hbond substituents is 2. The highest BCUT2D eigenvalue weighted by molar-refractivity contribution is 6.12. The van der Waals surface area contributed by atoms with Crippen LogP contribution in [0.2, 0.25) is 0 Å². The van der Waals surface area contributed by atoms with Crippen LogP contribution in [0.4, 0.5) is 22.7 Å². The first-order valence-electron chi connectivity index (χ1n) is 17.8. The van der Waals surface area contributed by atoms with E-state index in [1.54, 1.807) is 54.6 Å². The van der Waals surface area contributed by atoms with E-state index in [2.05, 4.69) is 10.6 Å². The second-order valence-electron chi connectivity index (χ2n) is 12.9. The number of amides is 2. The molecule has 6 aromatic rings. The molecule has 15 nitrogen and oxygen atoms in total. The average molecular weight is 831 g/mol. The second-order valence-corrected chi connectivity index (χ2v) is 12.9. The van der Waals surface area contributed by atoms with Crippen molar-refractivity contribution >= 4 is 40.3 Å². The molecule has 0 bridgehead atoms. The summed E-state index contributed by atoms with van der Waals surface area (Å²) in [6, 6.07) is 31.7. The molecule has 6 rings (SSSR count). The minimum atomic E-state index is -0.543. The van der Waals surface area contributed by atoms with Crippen LogP contribution in [-0.4, -0.2) is 51.9 Å². The lowest BCUT2D eigenvalue weighted by molar-refractivity contribution is -0.385. The number of aromatic hydroxyl groups is 2. The Morgan fingerprint density at radius 3 is 1.49 bits per heavy atom. The Hall–Kier alpha value is -8.07. The van der Waals surface area contributed by atoms with Crippen molar-refractivity contribution in [2.45, 2.75) is 35.1 Å². The molecule has 0 saturated carbocycles. The van der Waals surface area contributed by atoms with Gasteiger partial charge in [0.1, 0.15) is 23.0 Å². The fourth-order valence-electron chi connectivity index (χ4n) is 6.16. The molecule has 0 unspecified atom stereocenters. The van der Waals surface area contributed by atoms with E-state index >= 15 is 0 Å². The van der Waals surface area contributed by atoms with Gasteiger partial charge in [-0.3, -0.25) is 34.6 Å². The first-order valence-corrected chi connectivity index (χ1v) is 17.8. The van der Waals surface area contributed by atoms with Gasteiger partial charge in [-0.25, -0.2) is 0 Å². The number of phenols is 2. The first-order chi connectivity index (χ1) is 28.2. The van der Waals surface area contributed by atoms with Gasteiger partial charge in [-0.15, -0.1) is 0 Å². The van der Waals surface area contributed by atoms with E-state index in [0.29, 0.717) is 51.4 Å². The molecule has 316 valence electrons. The maximum atomic E-state index is 13.0. The van der Waals surface area contributed by atoms with Crippen molar-refractivity contribution in [1.82, 2.24) is 0 Å². The highest BCUT2D eigenvalue weighted by Gasteiger charge is 2.23. The van der Waals surface area contributed by atoms with Gasteiger partial charge in [-0.2, -0.15) is 0 Å². The van der Waals surface area contributed by atoms with E-state index in [1.165, 1.54) is 82.7 Å². The summed E-state index contributed by atoms with van der Waals surface area (Å²) in [6.45, 7) is 2.82. The van der Waals surface area contributed by atoms with Gasteiger partial charge < -0.3 is 30.3 Å². The van der Waals surface area contributed by atoms with Crippen molar-refractivity contribution in [3.63, 3.8) is 0 Å². The van der Waals surface area contributed by atoms with Crippen molar-refractivity contribution in [3.05, 3.63) is 164 Å². The molecular formula is C46H46N4O11.